The van der Waals surface area contributed by atoms with Gasteiger partial charge in [-0.15, -0.1) is 11.3 Å². The maximum absolute atomic E-state index is 9.21. The van der Waals surface area contributed by atoms with Crippen LogP contribution < -0.4 is 5.73 Å². The fourth-order valence-electron chi connectivity index (χ4n) is 1.12. The van der Waals surface area contributed by atoms with Crippen LogP contribution in [0.5, 0.6) is 0 Å². The maximum atomic E-state index is 9.21. The van der Waals surface area contributed by atoms with Crippen molar-refractivity contribution in [2.24, 2.45) is 11.1 Å². The van der Waals surface area contributed by atoms with Crippen molar-refractivity contribution >= 4 is 27.3 Å². The normalized spacial score (nSPS) is 14.4. The van der Waals surface area contributed by atoms with Crippen LogP contribution in [-0.2, 0) is 0 Å². The Morgan fingerprint density at radius 1 is 1.64 bits per heavy atom. The lowest BCUT2D eigenvalue weighted by Gasteiger charge is -2.28. The van der Waals surface area contributed by atoms with Crippen molar-refractivity contribution in [2.45, 2.75) is 26.8 Å². The van der Waals surface area contributed by atoms with Gasteiger partial charge in [0.25, 0.3) is 0 Å². The molecule has 1 aromatic rings. The highest BCUT2D eigenvalue weighted by molar-refractivity contribution is 9.11. The van der Waals surface area contributed by atoms with Crippen molar-refractivity contribution < 1.29 is 5.11 Å². The molecule has 0 aliphatic heterocycles. The predicted octanol–water partition coefficient (Wildman–Crippen LogP) is 2.84. The third-order valence-corrected chi connectivity index (χ3v) is 4.65. The molecule has 0 fully saturated rings. The number of aliphatic hydroxyl groups is 1. The van der Waals surface area contributed by atoms with E-state index >= 15 is 0 Å². The average Bonchev–Trinajstić information content (AvgIpc) is 2.45. The molecular formula is C10H16BrNOS. The van der Waals surface area contributed by atoms with Crippen LogP contribution in [-0.4, -0.2) is 11.7 Å². The van der Waals surface area contributed by atoms with Crippen LogP contribution in [0.15, 0.2) is 9.85 Å². The van der Waals surface area contributed by atoms with Gasteiger partial charge in [-0.25, -0.2) is 0 Å². The summed E-state index contributed by atoms with van der Waals surface area (Å²) in [5.74, 6) is 0. The molecule has 0 saturated carbocycles. The predicted molar refractivity (Wildman–Crippen MR) is 64.6 cm³/mol. The quantitative estimate of drug-likeness (QED) is 0.893. The summed E-state index contributed by atoms with van der Waals surface area (Å²) in [6, 6.07) is 1.97. The molecule has 0 spiro atoms. The number of thiophene rings is 1. The highest BCUT2D eigenvalue weighted by atomic mass is 79.9. The highest BCUT2D eigenvalue weighted by Crippen LogP contribution is 2.37. The Morgan fingerprint density at radius 3 is 2.57 bits per heavy atom. The van der Waals surface area contributed by atoms with Crippen molar-refractivity contribution in [3.63, 3.8) is 0 Å². The van der Waals surface area contributed by atoms with E-state index in [1.165, 1.54) is 5.56 Å². The Labute approximate surface area is 97.3 Å². The molecule has 1 rings (SSSR count). The summed E-state index contributed by atoms with van der Waals surface area (Å²) in [7, 11) is 0. The fourth-order valence-corrected chi connectivity index (χ4v) is 2.90. The lowest BCUT2D eigenvalue weighted by Crippen LogP contribution is -2.31. The Kier molecular flexibility index (Phi) is 3.75. The second-order valence-corrected chi connectivity index (χ2v) is 6.63. The van der Waals surface area contributed by atoms with Crippen molar-refractivity contribution in [3.8, 4) is 0 Å². The Hall–Kier alpha value is 0.100. The summed E-state index contributed by atoms with van der Waals surface area (Å²) < 4.78 is 1.12. The first-order chi connectivity index (χ1) is 6.38. The zero-order chi connectivity index (χ0) is 10.9. The van der Waals surface area contributed by atoms with Crippen molar-refractivity contribution in [3.05, 3.63) is 20.3 Å². The molecule has 0 aliphatic rings. The minimum absolute atomic E-state index is 0.0999. The lowest BCUT2D eigenvalue weighted by molar-refractivity contribution is 0.133. The molecule has 0 saturated heterocycles. The molecule has 0 radical (unpaired) electrons. The van der Waals surface area contributed by atoms with Crippen LogP contribution in [0, 0.1) is 12.3 Å². The summed E-state index contributed by atoms with van der Waals surface area (Å²) in [6.45, 7) is 6.09. The second-order valence-electron chi connectivity index (χ2n) is 4.23. The van der Waals surface area contributed by atoms with Gasteiger partial charge in [-0.1, -0.05) is 13.8 Å². The van der Waals surface area contributed by atoms with E-state index in [0.717, 1.165) is 8.66 Å². The first-order valence-corrected chi connectivity index (χ1v) is 6.11. The minimum Gasteiger partial charge on any atom is -0.396 e. The molecule has 0 amide bonds. The lowest BCUT2D eigenvalue weighted by atomic mass is 9.85. The first-order valence-electron chi connectivity index (χ1n) is 4.51. The molecule has 1 heterocycles. The molecule has 80 valence electrons. The number of aliphatic hydroxyl groups excluding tert-OH is 1. The molecule has 0 aliphatic carbocycles. The third-order valence-electron chi connectivity index (χ3n) is 2.43. The van der Waals surface area contributed by atoms with Gasteiger partial charge in [0, 0.05) is 16.3 Å². The Bertz CT molecular complexity index is 302. The monoisotopic (exact) mass is 277 g/mol. The standard InChI is InChI=1S/C10H16BrNOS/c1-6-4-7(14-9(6)11)8(12)10(2,3)5-13/h4,8,13H,5,12H2,1-3H3. The average molecular weight is 278 g/mol. The molecule has 3 N–H and O–H groups in total. The van der Waals surface area contributed by atoms with E-state index in [0.29, 0.717) is 0 Å². The third kappa shape index (κ3) is 2.37. The van der Waals surface area contributed by atoms with E-state index in [1.807, 2.05) is 20.8 Å². The molecule has 14 heavy (non-hydrogen) atoms. The van der Waals surface area contributed by atoms with Crippen LogP contribution in [0.4, 0.5) is 0 Å². The molecule has 0 aromatic carbocycles. The summed E-state index contributed by atoms with van der Waals surface area (Å²) >= 11 is 5.12. The largest absolute Gasteiger partial charge is 0.396 e. The van der Waals surface area contributed by atoms with Gasteiger partial charge in [-0.3, -0.25) is 0 Å². The van der Waals surface area contributed by atoms with Crippen molar-refractivity contribution in [2.75, 3.05) is 6.61 Å². The molecular weight excluding hydrogens is 262 g/mol. The summed E-state index contributed by atoms with van der Waals surface area (Å²) in [5, 5.41) is 9.21. The van der Waals surface area contributed by atoms with Crippen LogP contribution in [0.3, 0.4) is 0 Å². The zero-order valence-corrected chi connectivity index (χ0v) is 11.1. The molecule has 1 atom stereocenters. The highest BCUT2D eigenvalue weighted by Gasteiger charge is 2.28. The smallest absolute Gasteiger partial charge is 0.0731 e. The van der Waals surface area contributed by atoms with Crippen LogP contribution >= 0.6 is 27.3 Å². The molecule has 1 aromatic heterocycles. The van der Waals surface area contributed by atoms with E-state index < -0.39 is 0 Å². The van der Waals surface area contributed by atoms with Crippen LogP contribution in [0.1, 0.15) is 30.3 Å². The van der Waals surface area contributed by atoms with Gasteiger partial charge in [0.05, 0.1) is 10.4 Å². The number of rotatable bonds is 3. The Morgan fingerprint density at radius 2 is 2.21 bits per heavy atom. The maximum Gasteiger partial charge on any atom is 0.0731 e. The summed E-state index contributed by atoms with van der Waals surface area (Å²) in [5.41, 5.74) is 7.03. The SMILES string of the molecule is Cc1cc(C(N)C(C)(C)CO)sc1Br. The van der Waals surface area contributed by atoms with Crippen LogP contribution in [0.2, 0.25) is 0 Å². The van der Waals surface area contributed by atoms with Gasteiger partial charge in [-0.2, -0.15) is 0 Å². The Balaban J connectivity index is 2.94. The zero-order valence-electron chi connectivity index (χ0n) is 8.67. The molecule has 0 bridgehead atoms. The van der Waals surface area contributed by atoms with Crippen molar-refractivity contribution in [1.29, 1.82) is 0 Å². The topological polar surface area (TPSA) is 46.2 Å². The van der Waals surface area contributed by atoms with E-state index in [1.54, 1.807) is 11.3 Å². The van der Waals surface area contributed by atoms with Crippen molar-refractivity contribution in [1.82, 2.24) is 0 Å². The number of hydrogen-bond acceptors (Lipinski definition) is 3. The van der Waals surface area contributed by atoms with Gasteiger partial charge in [-0.05, 0) is 34.5 Å². The molecule has 1 unspecified atom stereocenters. The number of aryl methyl sites for hydroxylation is 1. The van der Waals surface area contributed by atoms with Gasteiger partial charge in [0.2, 0.25) is 0 Å². The molecule has 4 heteroatoms. The fraction of sp³-hybridized carbons (Fsp3) is 0.600. The van der Waals surface area contributed by atoms with E-state index in [9.17, 15) is 5.11 Å². The summed E-state index contributed by atoms with van der Waals surface area (Å²) in [4.78, 5) is 1.12. The summed E-state index contributed by atoms with van der Waals surface area (Å²) in [6.07, 6.45) is 0. The van der Waals surface area contributed by atoms with E-state index in [-0.39, 0.29) is 18.1 Å². The number of hydrogen-bond donors (Lipinski definition) is 2. The number of nitrogens with two attached hydrogens (primary N) is 1. The van der Waals surface area contributed by atoms with Gasteiger partial charge >= 0.3 is 0 Å². The van der Waals surface area contributed by atoms with Gasteiger partial charge in [0.15, 0.2) is 0 Å². The minimum atomic E-state index is -0.267. The van der Waals surface area contributed by atoms with E-state index in [4.69, 9.17) is 5.73 Å². The van der Waals surface area contributed by atoms with E-state index in [2.05, 4.69) is 22.0 Å². The first kappa shape index (κ1) is 12.2. The van der Waals surface area contributed by atoms with Gasteiger partial charge < -0.3 is 10.8 Å². The second kappa shape index (κ2) is 4.31. The molecule has 2 nitrogen and oxygen atoms in total. The number of halogens is 1. The van der Waals surface area contributed by atoms with Crippen LogP contribution in [0.25, 0.3) is 0 Å². The van der Waals surface area contributed by atoms with Gasteiger partial charge in [0.1, 0.15) is 0 Å².